The lowest BCUT2D eigenvalue weighted by Gasteiger charge is -2.29. The minimum absolute atomic E-state index is 0.0137. The summed E-state index contributed by atoms with van der Waals surface area (Å²) in [6.45, 7) is -0.0824. The van der Waals surface area contributed by atoms with Crippen LogP contribution in [-0.2, 0) is 25.5 Å². The Balaban J connectivity index is 1.51. The molecule has 1 saturated carbocycles. The van der Waals surface area contributed by atoms with Gasteiger partial charge in [-0.2, -0.15) is 0 Å². The van der Waals surface area contributed by atoms with Crippen molar-refractivity contribution in [2.75, 3.05) is 13.2 Å². The van der Waals surface area contributed by atoms with Crippen LogP contribution < -0.4 is 10.6 Å². The maximum atomic E-state index is 13.5. The summed E-state index contributed by atoms with van der Waals surface area (Å²) in [5, 5.41) is 16.0. The molecule has 3 atom stereocenters. The first-order chi connectivity index (χ1) is 19.0. The Kier molecular flexibility index (Phi) is 10.3. The van der Waals surface area contributed by atoms with Crippen molar-refractivity contribution < 1.29 is 24.2 Å². The van der Waals surface area contributed by atoms with Crippen LogP contribution in [0.2, 0.25) is 0 Å². The minimum Gasteiger partial charge on any atom is -0.463 e. The molecule has 0 saturated heterocycles. The first kappa shape index (κ1) is 28.6. The first-order valence-corrected chi connectivity index (χ1v) is 14.1. The summed E-state index contributed by atoms with van der Waals surface area (Å²) < 4.78 is 5.80. The van der Waals surface area contributed by atoms with Gasteiger partial charge in [0, 0.05) is 6.42 Å². The van der Waals surface area contributed by atoms with E-state index in [4.69, 9.17) is 4.74 Å². The fourth-order valence-corrected chi connectivity index (χ4v) is 5.59. The molecule has 0 aromatic heterocycles. The van der Waals surface area contributed by atoms with Crippen LogP contribution in [0.5, 0.6) is 0 Å². The molecule has 2 aromatic rings. The van der Waals surface area contributed by atoms with Crippen LogP contribution in [0.3, 0.4) is 0 Å². The molecular formula is C32H40N2O5. The van der Waals surface area contributed by atoms with E-state index in [-0.39, 0.29) is 43.3 Å². The zero-order chi connectivity index (χ0) is 27.5. The highest BCUT2D eigenvalue weighted by molar-refractivity contribution is 5.86. The van der Waals surface area contributed by atoms with Crippen LogP contribution >= 0.6 is 0 Å². The summed E-state index contributed by atoms with van der Waals surface area (Å²) in [6, 6.07) is 18.8. The molecule has 3 N–H and O–H groups in total. The fraction of sp³-hybridized carbons (Fsp3) is 0.469. The third kappa shape index (κ3) is 8.27. The highest BCUT2D eigenvalue weighted by Crippen LogP contribution is 2.29. The first-order valence-electron chi connectivity index (χ1n) is 14.1. The summed E-state index contributed by atoms with van der Waals surface area (Å²) in [7, 11) is 0. The largest absolute Gasteiger partial charge is 0.463 e. The summed E-state index contributed by atoms with van der Waals surface area (Å²) in [6.07, 6.45) is 9.68. The van der Waals surface area contributed by atoms with Gasteiger partial charge in [0.2, 0.25) is 11.8 Å². The standard InChI is InChI=1S/C32H40N2O5/c35-23-32(18-10-11-19-32)34-29(36)21-26-16-8-3-9-17-27(20-24-12-4-1-5-13-24)31(38)39-22-28(33-30(26)37)25-14-6-2-7-15-25/h1-8,12-15,26-28,35H,9-11,16-23H2,(H,33,37)(H,34,36). The second-order valence-corrected chi connectivity index (χ2v) is 10.9. The molecule has 2 aromatic carbocycles. The van der Waals surface area contributed by atoms with Gasteiger partial charge in [-0.3, -0.25) is 14.4 Å². The number of allylic oxidation sites excluding steroid dienone is 2. The predicted molar refractivity (Wildman–Crippen MR) is 149 cm³/mol. The van der Waals surface area contributed by atoms with Crippen molar-refractivity contribution in [2.24, 2.45) is 11.8 Å². The summed E-state index contributed by atoms with van der Waals surface area (Å²) in [5.41, 5.74) is 1.33. The molecule has 3 unspecified atom stereocenters. The van der Waals surface area contributed by atoms with E-state index in [0.717, 1.165) is 36.8 Å². The molecule has 0 spiro atoms. The third-order valence-corrected chi connectivity index (χ3v) is 7.91. The highest BCUT2D eigenvalue weighted by Gasteiger charge is 2.36. The molecule has 1 fully saturated rings. The Morgan fingerprint density at radius 2 is 1.67 bits per heavy atom. The number of carbonyl (C=O) groups is 3. The Labute approximate surface area is 231 Å². The van der Waals surface area contributed by atoms with Gasteiger partial charge in [0.05, 0.1) is 30.0 Å². The number of esters is 1. The van der Waals surface area contributed by atoms with Crippen molar-refractivity contribution >= 4 is 17.8 Å². The minimum atomic E-state index is -0.582. The van der Waals surface area contributed by atoms with Crippen molar-refractivity contribution in [3.63, 3.8) is 0 Å². The van der Waals surface area contributed by atoms with Crippen LogP contribution in [0.1, 0.15) is 68.5 Å². The topological polar surface area (TPSA) is 105 Å². The molecular weight excluding hydrogens is 492 g/mol. The summed E-state index contributed by atoms with van der Waals surface area (Å²) in [4.78, 5) is 39.7. The van der Waals surface area contributed by atoms with Gasteiger partial charge in [0.1, 0.15) is 6.61 Å². The van der Waals surface area contributed by atoms with Crippen molar-refractivity contribution in [3.05, 3.63) is 83.9 Å². The van der Waals surface area contributed by atoms with Gasteiger partial charge in [-0.25, -0.2) is 0 Å². The van der Waals surface area contributed by atoms with E-state index in [2.05, 4.69) is 10.6 Å². The molecule has 7 nitrogen and oxygen atoms in total. The normalized spacial score (nSPS) is 24.0. The number of amides is 2. The van der Waals surface area contributed by atoms with Gasteiger partial charge in [0.25, 0.3) is 0 Å². The van der Waals surface area contributed by atoms with Crippen molar-refractivity contribution in [1.82, 2.24) is 10.6 Å². The number of cyclic esters (lactones) is 1. The van der Waals surface area contributed by atoms with Gasteiger partial charge in [-0.15, -0.1) is 0 Å². The van der Waals surface area contributed by atoms with E-state index in [1.165, 1.54) is 0 Å². The third-order valence-electron chi connectivity index (χ3n) is 7.91. The van der Waals surface area contributed by atoms with Crippen molar-refractivity contribution in [2.45, 2.75) is 69.4 Å². The Morgan fingerprint density at radius 1 is 0.974 bits per heavy atom. The molecule has 2 aliphatic rings. The Hall–Kier alpha value is -3.45. The van der Waals surface area contributed by atoms with Gasteiger partial charge in [0.15, 0.2) is 0 Å². The number of hydrogen-bond acceptors (Lipinski definition) is 5. The van der Waals surface area contributed by atoms with E-state index < -0.39 is 17.5 Å². The van der Waals surface area contributed by atoms with Crippen LogP contribution in [0, 0.1) is 11.8 Å². The maximum Gasteiger partial charge on any atom is 0.309 e. The average Bonchev–Trinajstić information content (AvgIpc) is 3.43. The number of aliphatic hydroxyl groups is 1. The maximum absolute atomic E-state index is 13.5. The lowest BCUT2D eigenvalue weighted by atomic mass is 9.94. The van der Waals surface area contributed by atoms with Gasteiger partial charge in [-0.1, -0.05) is 85.7 Å². The van der Waals surface area contributed by atoms with Crippen LogP contribution in [0.15, 0.2) is 72.8 Å². The summed E-state index contributed by atoms with van der Waals surface area (Å²) in [5.74, 6) is -1.64. The lowest BCUT2D eigenvalue weighted by Crippen LogP contribution is -2.50. The zero-order valence-corrected chi connectivity index (χ0v) is 22.5. The fourth-order valence-electron chi connectivity index (χ4n) is 5.59. The van der Waals surface area contributed by atoms with Gasteiger partial charge < -0.3 is 20.5 Å². The molecule has 7 heteroatoms. The number of carbonyl (C=O) groups excluding carboxylic acids is 3. The second kappa shape index (κ2) is 14.1. The van der Waals surface area contributed by atoms with Gasteiger partial charge >= 0.3 is 5.97 Å². The molecule has 0 bridgehead atoms. The van der Waals surface area contributed by atoms with Crippen molar-refractivity contribution in [3.8, 4) is 0 Å². The zero-order valence-electron chi connectivity index (χ0n) is 22.5. The monoisotopic (exact) mass is 532 g/mol. The lowest BCUT2D eigenvalue weighted by molar-refractivity contribution is -0.150. The van der Waals surface area contributed by atoms with Gasteiger partial charge in [-0.05, 0) is 49.7 Å². The number of ether oxygens (including phenoxy) is 1. The molecule has 1 aliphatic carbocycles. The molecule has 208 valence electrons. The molecule has 1 heterocycles. The Morgan fingerprint density at radius 3 is 2.36 bits per heavy atom. The van der Waals surface area contributed by atoms with E-state index in [0.29, 0.717) is 25.7 Å². The number of benzene rings is 2. The molecule has 39 heavy (non-hydrogen) atoms. The van der Waals surface area contributed by atoms with E-state index in [1.807, 2.05) is 72.8 Å². The highest BCUT2D eigenvalue weighted by atomic mass is 16.5. The predicted octanol–water partition coefficient (Wildman–Crippen LogP) is 4.41. The van der Waals surface area contributed by atoms with Crippen LogP contribution in [0.25, 0.3) is 0 Å². The second-order valence-electron chi connectivity index (χ2n) is 10.9. The number of hydrogen-bond donors (Lipinski definition) is 3. The smallest absolute Gasteiger partial charge is 0.309 e. The number of aliphatic hydroxyl groups excluding tert-OH is 1. The SMILES string of the molecule is O=C(CC1CC=CCCC(Cc2ccccc2)C(=O)OCC(c2ccccc2)NC1=O)NC1(CO)CCCC1. The van der Waals surface area contributed by atoms with E-state index in [9.17, 15) is 19.5 Å². The summed E-state index contributed by atoms with van der Waals surface area (Å²) >= 11 is 0. The van der Waals surface area contributed by atoms with Crippen molar-refractivity contribution in [1.29, 1.82) is 0 Å². The quantitative estimate of drug-likeness (QED) is 0.362. The number of nitrogens with one attached hydrogen (secondary N) is 2. The Bertz CT molecular complexity index is 1110. The van der Waals surface area contributed by atoms with E-state index >= 15 is 0 Å². The molecule has 0 radical (unpaired) electrons. The molecule has 4 rings (SSSR count). The average molecular weight is 533 g/mol. The van der Waals surface area contributed by atoms with Crippen LogP contribution in [-0.4, -0.2) is 41.6 Å². The molecule has 1 aliphatic heterocycles. The molecule has 2 amide bonds. The van der Waals surface area contributed by atoms with Crippen LogP contribution in [0.4, 0.5) is 0 Å². The van der Waals surface area contributed by atoms with E-state index in [1.54, 1.807) is 0 Å². The number of rotatable bonds is 7.